The molecule has 16 heavy (non-hydrogen) atoms. The van der Waals surface area contributed by atoms with Crippen molar-refractivity contribution in [3.63, 3.8) is 0 Å². The maximum atomic E-state index is 11.4. The third-order valence-electron chi connectivity index (χ3n) is 3.31. The molecule has 1 aromatic rings. The summed E-state index contributed by atoms with van der Waals surface area (Å²) in [5.41, 5.74) is 8.83. The number of nitrogens with two attached hydrogens (primary N) is 1. The second-order valence-electron chi connectivity index (χ2n) is 4.55. The molecular formula is C12H13BrN2O. The van der Waals surface area contributed by atoms with Gasteiger partial charge in [-0.2, -0.15) is 0 Å². The summed E-state index contributed by atoms with van der Waals surface area (Å²) in [5.74, 6) is 0.643. The Kier molecular flexibility index (Phi) is 2.30. The zero-order valence-electron chi connectivity index (χ0n) is 8.74. The smallest absolute Gasteiger partial charge is 0.245 e. The van der Waals surface area contributed by atoms with Crippen molar-refractivity contribution in [3.05, 3.63) is 29.3 Å². The summed E-state index contributed by atoms with van der Waals surface area (Å²) in [4.78, 5) is 11.8. The van der Waals surface area contributed by atoms with Gasteiger partial charge in [-0.1, -0.05) is 28.1 Å². The zero-order valence-corrected chi connectivity index (χ0v) is 10.3. The molecule has 0 radical (unpaired) electrons. The Morgan fingerprint density at radius 3 is 2.88 bits per heavy atom. The molecule has 1 aliphatic heterocycles. The first-order valence-electron chi connectivity index (χ1n) is 5.51. The van der Waals surface area contributed by atoms with Gasteiger partial charge in [0.25, 0.3) is 0 Å². The van der Waals surface area contributed by atoms with Crippen molar-refractivity contribution in [2.24, 2.45) is 11.7 Å². The molecule has 3 nitrogen and oxygen atoms in total. The highest BCUT2D eigenvalue weighted by Crippen LogP contribution is 2.47. The summed E-state index contributed by atoms with van der Waals surface area (Å²) in [7, 11) is 0. The van der Waals surface area contributed by atoms with E-state index in [2.05, 4.69) is 33.4 Å². The lowest BCUT2D eigenvalue weighted by molar-refractivity contribution is -0.116. The van der Waals surface area contributed by atoms with E-state index in [1.54, 1.807) is 0 Å². The fourth-order valence-corrected chi connectivity index (χ4v) is 2.95. The van der Waals surface area contributed by atoms with Crippen LogP contribution in [-0.2, 0) is 4.79 Å². The van der Waals surface area contributed by atoms with Crippen LogP contribution >= 0.6 is 15.9 Å². The van der Waals surface area contributed by atoms with Gasteiger partial charge in [-0.05, 0) is 30.4 Å². The van der Waals surface area contributed by atoms with Crippen LogP contribution in [0.1, 0.15) is 34.8 Å². The predicted molar refractivity (Wildman–Crippen MR) is 66.4 cm³/mol. The van der Waals surface area contributed by atoms with Crippen molar-refractivity contribution in [3.8, 4) is 0 Å². The quantitative estimate of drug-likeness (QED) is 0.818. The number of amides is 1. The number of hydrogen-bond donors (Lipinski definition) is 2. The minimum atomic E-state index is -0.506. The van der Waals surface area contributed by atoms with Crippen LogP contribution in [0.3, 0.4) is 0 Å². The van der Waals surface area contributed by atoms with Crippen molar-refractivity contribution in [1.29, 1.82) is 0 Å². The molecule has 0 aromatic heterocycles. The summed E-state index contributed by atoms with van der Waals surface area (Å²) < 4.78 is 0. The lowest BCUT2D eigenvalue weighted by atomic mass is 10.0. The van der Waals surface area contributed by atoms with Crippen LogP contribution in [0.25, 0.3) is 0 Å². The van der Waals surface area contributed by atoms with Crippen LogP contribution in [-0.4, -0.2) is 5.91 Å². The Balaban J connectivity index is 1.96. The standard InChI is InChI=1S/C12H13BrN2O/c13-10(6-1-2-6)7-3-4-9-8(5-7)11(14)12(16)15-9/h3-6,10-11H,1-2,14H2,(H,15,16)/t10-,11-/m0/s1. The topological polar surface area (TPSA) is 55.1 Å². The van der Waals surface area contributed by atoms with Gasteiger partial charge >= 0.3 is 0 Å². The van der Waals surface area contributed by atoms with Crippen molar-refractivity contribution in [2.45, 2.75) is 23.7 Å². The van der Waals surface area contributed by atoms with Gasteiger partial charge in [-0.25, -0.2) is 0 Å². The first-order chi connectivity index (χ1) is 7.66. The number of benzene rings is 1. The first kappa shape index (κ1) is 10.3. The number of halogens is 1. The summed E-state index contributed by atoms with van der Waals surface area (Å²) in [5, 5.41) is 2.78. The van der Waals surface area contributed by atoms with Gasteiger partial charge in [0.2, 0.25) is 5.91 Å². The lowest BCUT2D eigenvalue weighted by Gasteiger charge is -2.11. The highest BCUT2D eigenvalue weighted by atomic mass is 79.9. The molecule has 1 amide bonds. The maximum absolute atomic E-state index is 11.4. The summed E-state index contributed by atoms with van der Waals surface area (Å²) >= 11 is 3.71. The van der Waals surface area contributed by atoms with Crippen LogP contribution < -0.4 is 11.1 Å². The molecule has 84 valence electrons. The zero-order chi connectivity index (χ0) is 11.3. The van der Waals surface area contributed by atoms with E-state index in [1.165, 1.54) is 18.4 Å². The van der Waals surface area contributed by atoms with Crippen LogP contribution in [0.15, 0.2) is 18.2 Å². The van der Waals surface area contributed by atoms with Gasteiger partial charge in [0.05, 0.1) is 0 Å². The fraction of sp³-hybridized carbons (Fsp3) is 0.417. The number of anilines is 1. The number of fused-ring (bicyclic) bond motifs is 1. The molecule has 2 atom stereocenters. The summed E-state index contributed by atoms with van der Waals surface area (Å²) in [6, 6.07) is 5.56. The lowest BCUT2D eigenvalue weighted by Crippen LogP contribution is -2.19. The van der Waals surface area contributed by atoms with Crippen LogP contribution in [0.4, 0.5) is 5.69 Å². The van der Waals surface area contributed by atoms with Crippen molar-refractivity contribution < 1.29 is 4.79 Å². The minimum absolute atomic E-state index is 0.107. The molecule has 1 fully saturated rings. The number of carbonyl (C=O) groups excluding carboxylic acids is 1. The molecule has 2 aliphatic rings. The van der Waals surface area contributed by atoms with Crippen LogP contribution in [0, 0.1) is 5.92 Å². The van der Waals surface area contributed by atoms with Gasteiger partial charge in [-0.3, -0.25) is 4.79 Å². The number of rotatable bonds is 2. The first-order valence-corrected chi connectivity index (χ1v) is 6.43. The molecule has 0 saturated heterocycles. The monoisotopic (exact) mass is 280 g/mol. The van der Waals surface area contributed by atoms with E-state index in [4.69, 9.17) is 5.73 Å². The molecule has 3 rings (SSSR count). The molecular weight excluding hydrogens is 268 g/mol. The second kappa shape index (κ2) is 3.57. The molecule has 1 heterocycles. The number of carbonyl (C=O) groups is 1. The maximum Gasteiger partial charge on any atom is 0.245 e. The van der Waals surface area contributed by atoms with Gasteiger partial charge in [0, 0.05) is 16.1 Å². The molecule has 4 heteroatoms. The van der Waals surface area contributed by atoms with E-state index in [1.807, 2.05) is 6.07 Å². The molecule has 1 saturated carbocycles. The highest BCUT2D eigenvalue weighted by molar-refractivity contribution is 9.09. The fourth-order valence-electron chi connectivity index (χ4n) is 2.14. The summed E-state index contributed by atoms with van der Waals surface area (Å²) in [6.07, 6.45) is 2.58. The second-order valence-corrected chi connectivity index (χ2v) is 5.54. The third kappa shape index (κ3) is 1.57. The Labute approximate surface area is 103 Å². The Bertz CT molecular complexity index is 456. The van der Waals surface area contributed by atoms with Gasteiger partial charge in [0.1, 0.15) is 6.04 Å². The Morgan fingerprint density at radius 1 is 1.44 bits per heavy atom. The molecule has 0 unspecified atom stereocenters. The largest absolute Gasteiger partial charge is 0.324 e. The molecule has 1 aromatic carbocycles. The SMILES string of the molecule is N[C@@H]1C(=O)Nc2ccc([C@@H](Br)C3CC3)cc21. The van der Waals surface area contributed by atoms with Crippen molar-refractivity contribution in [2.75, 3.05) is 5.32 Å². The number of nitrogens with one attached hydrogen (secondary N) is 1. The molecule has 3 N–H and O–H groups in total. The van der Waals surface area contributed by atoms with E-state index < -0.39 is 6.04 Å². The van der Waals surface area contributed by atoms with E-state index in [9.17, 15) is 4.79 Å². The Hall–Kier alpha value is -0.870. The van der Waals surface area contributed by atoms with Crippen LogP contribution in [0.5, 0.6) is 0 Å². The average molecular weight is 281 g/mol. The van der Waals surface area contributed by atoms with Gasteiger partial charge in [0.15, 0.2) is 0 Å². The molecule has 0 bridgehead atoms. The third-order valence-corrected chi connectivity index (χ3v) is 4.58. The van der Waals surface area contributed by atoms with Crippen molar-refractivity contribution in [1.82, 2.24) is 0 Å². The highest BCUT2D eigenvalue weighted by Gasteiger charge is 2.32. The van der Waals surface area contributed by atoms with Crippen LogP contribution in [0.2, 0.25) is 0 Å². The van der Waals surface area contributed by atoms with E-state index >= 15 is 0 Å². The van der Waals surface area contributed by atoms with E-state index in [-0.39, 0.29) is 5.91 Å². The van der Waals surface area contributed by atoms with Crippen molar-refractivity contribution >= 4 is 27.5 Å². The van der Waals surface area contributed by atoms with E-state index in [0.29, 0.717) is 4.83 Å². The number of hydrogen-bond acceptors (Lipinski definition) is 2. The predicted octanol–water partition coefficient (Wildman–Crippen LogP) is 2.48. The molecule has 1 aliphatic carbocycles. The average Bonchev–Trinajstić information content (AvgIpc) is 3.07. The number of alkyl halides is 1. The summed E-state index contributed by atoms with van der Waals surface area (Å²) in [6.45, 7) is 0. The van der Waals surface area contributed by atoms with Gasteiger partial charge < -0.3 is 11.1 Å². The molecule has 0 spiro atoms. The van der Waals surface area contributed by atoms with E-state index in [0.717, 1.165) is 17.2 Å². The normalized spacial score (nSPS) is 25.1. The Morgan fingerprint density at radius 2 is 2.19 bits per heavy atom. The van der Waals surface area contributed by atoms with Gasteiger partial charge in [-0.15, -0.1) is 0 Å². The minimum Gasteiger partial charge on any atom is -0.324 e.